The molecule has 0 spiro atoms. The minimum atomic E-state index is -0.674. The van der Waals surface area contributed by atoms with Gasteiger partial charge in [0.05, 0.1) is 17.7 Å². The summed E-state index contributed by atoms with van der Waals surface area (Å²) in [6, 6.07) is 11.2. The molecule has 0 N–H and O–H groups in total. The van der Waals surface area contributed by atoms with Crippen molar-refractivity contribution in [3.8, 4) is 5.75 Å². The fourth-order valence-corrected chi connectivity index (χ4v) is 1.68. The fourth-order valence-electron chi connectivity index (χ4n) is 1.68. The highest BCUT2D eigenvalue weighted by molar-refractivity contribution is 5.96. The minimum Gasteiger partial charge on any atom is -0.462 e. The summed E-state index contributed by atoms with van der Waals surface area (Å²) in [5.74, 6) is -1.59. The molecule has 0 radical (unpaired) electrons. The van der Waals surface area contributed by atoms with Gasteiger partial charge < -0.3 is 9.47 Å². The van der Waals surface area contributed by atoms with Crippen molar-refractivity contribution in [2.24, 2.45) is 0 Å². The monoisotopic (exact) mass is 288 g/mol. The van der Waals surface area contributed by atoms with E-state index in [0.717, 1.165) is 6.07 Å². The highest BCUT2D eigenvalue weighted by atomic mass is 19.1. The molecule has 2 aromatic rings. The molecule has 21 heavy (non-hydrogen) atoms. The molecule has 0 amide bonds. The number of benzene rings is 2. The molecule has 0 aromatic heterocycles. The summed E-state index contributed by atoms with van der Waals surface area (Å²) in [6.07, 6.45) is 0. The van der Waals surface area contributed by atoms with Gasteiger partial charge in [-0.15, -0.1) is 0 Å². The first-order valence-electron chi connectivity index (χ1n) is 6.35. The molecule has 0 aliphatic rings. The van der Waals surface area contributed by atoms with E-state index in [0.29, 0.717) is 0 Å². The summed E-state index contributed by atoms with van der Waals surface area (Å²) < 4.78 is 22.9. The van der Waals surface area contributed by atoms with Crippen LogP contribution in [0.5, 0.6) is 5.75 Å². The van der Waals surface area contributed by atoms with E-state index in [1.54, 1.807) is 13.0 Å². The predicted octanol–water partition coefficient (Wildman–Crippen LogP) is 3.22. The molecule has 0 fully saturated rings. The first kappa shape index (κ1) is 14.7. The van der Waals surface area contributed by atoms with Gasteiger partial charge in [-0.1, -0.05) is 12.1 Å². The van der Waals surface area contributed by atoms with Crippen molar-refractivity contribution < 1.29 is 23.5 Å². The van der Waals surface area contributed by atoms with Gasteiger partial charge in [-0.25, -0.2) is 14.0 Å². The highest BCUT2D eigenvalue weighted by Crippen LogP contribution is 2.15. The van der Waals surface area contributed by atoms with Crippen molar-refractivity contribution in [3.63, 3.8) is 0 Å². The Balaban J connectivity index is 2.16. The Bertz CT molecular complexity index is 667. The van der Waals surface area contributed by atoms with Crippen molar-refractivity contribution in [1.29, 1.82) is 0 Å². The predicted molar refractivity (Wildman–Crippen MR) is 73.8 cm³/mol. The minimum absolute atomic E-state index is 0.0986. The van der Waals surface area contributed by atoms with Gasteiger partial charge in [-0.3, -0.25) is 0 Å². The molecule has 0 bridgehead atoms. The van der Waals surface area contributed by atoms with Gasteiger partial charge in [0.2, 0.25) is 0 Å². The first-order chi connectivity index (χ1) is 10.1. The fraction of sp³-hybridized carbons (Fsp3) is 0.125. The molecule has 0 atom stereocenters. The molecule has 0 saturated heterocycles. The van der Waals surface area contributed by atoms with Crippen LogP contribution in [0.25, 0.3) is 0 Å². The van der Waals surface area contributed by atoms with Gasteiger partial charge in [0.25, 0.3) is 0 Å². The molecule has 0 heterocycles. The zero-order valence-electron chi connectivity index (χ0n) is 11.3. The van der Waals surface area contributed by atoms with Crippen LogP contribution in [0, 0.1) is 5.82 Å². The van der Waals surface area contributed by atoms with E-state index in [1.807, 2.05) is 0 Å². The molecule has 5 heteroatoms. The van der Waals surface area contributed by atoms with Gasteiger partial charge in [0, 0.05) is 6.07 Å². The summed E-state index contributed by atoms with van der Waals surface area (Å²) in [5.41, 5.74) is 0.440. The zero-order chi connectivity index (χ0) is 15.2. The Labute approximate surface area is 121 Å². The van der Waals surface area contributed by atoms with E-state index >= 15 is 0 Å². The zero-order valence-corrected chi connectivity index (χ0v) is 11.3. The summed E-state index contributed by atoms with van der Waals surface area (Å²) in [4.78, 5) is 23.6. The third-order valence-electron chi connectivity index (χ3n) is 2.62. The second kappa shape index (κ2) is 6.65. The lowest BCUT2D eigenvalue weighted by Gasteiger charge is -2.06. The maximum absolute atomic E-state index is 13.0. The molecule has 2 rings (SSSR count). The average molecular weight is 288 g/mol. The molecule has 0 aliphatic carbocycles. The standard InChI is InChI=1S/C16H13FO4/c1-2-20-15(18)11-5-3-6-12(9-11)16(19)21-14-8-4-7-13(17)10-14/h3-10H,2H2,1H3. The van der Waals surface area contributed by atoms with Crippen LogP contribution in [-0.4, -0.2) is 18.5 Å². The van der Waals surface area contributed by atoms with E-state index in [4.69, 9.17) is 9.47 Å². The summed E-state index contributed by atoms with van der Waals surface area (Å²) >= 11 is 0. The van der Waals surface area contributed by atoms with E-state index in [-0.39, 0.29) is 23.5 Å². The molecule has 0 aliphatic heterocycles. The molecule has 0 unspecified atom stereocenters. The first-order valence-corrected chi connectivity index (χ1v) is 6.35. The second-order valence-electron chi connectivity index (χ2n) is 4.15. The topological polar surface area (TPSA) is 52.6 Å². The Kier molecular flexibility index (Phi) is 4.66. The summed E-state index contributed by atoms with van der Waals surface area (Å²) in [7, 11) is 0. The van der Waals surface area contributed by atoms with Crippen LogP contribution in [0.15, 0.2) is 48.5 Å². The van der Waals surface area contributed by atoms with Crippen LogP contribution in [-0.2, 0) is 4.74 Å². The maximum Gasteiger partial charge on any atom is 0.343 e. The number of carbonyl (C=O) groups is 2. The molecular weight excluding hydrogens is 275 g/mol. The van der Waals surface area contributed by atoms with Crippen LogP contribution in [0.4, 0.5) is 4.39 Å². The van der Waals surface area contributed by atoms with E-state index < -0.39 is 17.8 Å². The van der Waals surface area contributed by atoms with Gasteiger partial charge in [0.1, 0.15) is 11.6 Å². The average Bonchev–Trinajstić information content (AvgIpc) is 2.47. The number of carbonyl (C=O) groups excluding carboxylic acids is 2. The van der Waals surface area contributed by atoms with Crippen LogP contribution < -0.4 is 4.74 Å². The SMILES string of the molecule is CCOC(=O)c1cccc(C(=O)Oc2cccc(F)c2)c1. The Morgan fingerprint density at radius 3 is 2.33 bits per heavy atom. The lowest BCUT2D eigenvalue weighted by atomic mass is 10.1. The van der Waals surface area contributed by atoms with Crippen molar-refractivity contribution >= 4 is 11.9 Å². The molecule has 2 aromatic carbocycles. The number of rotatable bonds is 4. The van der Waals surface area contributed by atoms with Gasteiger partial charge >= 0.3 is 11.9 Å². The largest absolute Gasteiger partial charge is 0.462 e. The van der Waals surface area contributed by atoms with Crippen molar-refractivity contribution in [3.05, 3.63) is 65.5 Å². The third-order valence-corrected chi connectivity index (χ3v) is 2.62. The smallest absolute Gasteiger partial charge is 0.343 e. The normalized spacial score (nSPS) is 10.0. The van der Waals surface area contributed by atoms with Gasteiger partial charge in [-0.2, -0.15) is 0 Å². The molecule has 108 valence electrons. The lowest BCUT2D eigenvalue weighted by molar-refractivity contribution is 0.0526. The van der Waals surface area contributed by atoms with Gasteiger partial charge in [0.15, 0.2) is 0 Å². The third kappa shape index (κ3) is 3.89. The lowest BCUT2D eigenvalue weighted by Crippen LogP contribution is -2.11. The van der Waals surface area contributed by atoms with E-state index in [1.165, 1.54) is 36.4 Å². The van der Waals surface area contributed by atoms with Crippen LogP contribution in [0.2, 0.25) is 0 Å². The highest BCUT2D eigenvalue weighted by Gasteiger charge is 2.13. The van der Waals surface area contributed by atoms with Crippen molar-refractivity contribution in [2.45, 2.75) is 6.92 Å². The Hall–Kier alpha value is -2.69. The summed E-state index contributed by atoms with van der Waals surface area (Å²) in [6.45, 7) is 1.94. The quantitative estimate of drug-likeness (QED) is 0.640. The van der Waals surface area contributed by atoms with Crippen molar-refractivity contribution in [2.75, 3.05) is 6.61 Å². The number of esters is 2. The number of halogens is 1. The molecular formula is C16H13FO4. The van der Waals surface area contributed by atoms with Crippen LogP contribution >= 0.6 is 0 Å². The number of hydrogen-bond donors (Lipinski definition) is 0. The van der Waals surface area contributed by atoms with Crippen LogP contribution in [0.3, 0.4) is 0 Å². The Morgan fingerprint density at radius 2 is 1.67 bits per heavy atom. The van der Waals surface area contributed by atoms with Crippen molar-refractivity contribution in [1.82, 2.24) is 0 Å². The second-order valence-corrected chi connectivity index (χ2v) is 4.15. The van der Waals surface area contributed by atoms with Gasteiger partial charge in [-0.05, 0) is 37.3 Å². The van der Waals surface area contributed by atoms with Crippen LogP contribution in [0.1, 0.15) is 27.6 Å². The number of hydrogen-bond acceptors (Lipinski definition) is 4. The Morgan fingerprint density at radius 1 is 1.00 bits per heavy atom. The summed E-state index contributed by atoms with van der Waals surface area (Å²) in [5, 5.41) is 0. The maximum atomic E-state index is 13.0. The van der Waals surface area contributed by atoms with E-state index in [2.05, 4.69) is 0 Å². The molecule has 0 saturated carbocycles. The molecule has 4 nitrogen and oxygen atoms in total. The number of ether oxygens (including phenoxy) is 2. The van der Waals surface area contributed by atoms with E-state index in [9.17, 15) is 14.0 Å².